The highest BCUT2D eigenvalue weighted by Crippen LogP contribution is 2.36. The zero-order chi connectivity index (χ0) is 23.8. The lowest BCUT2D eigenvalue weighted by molar-refractivity contribution is -0.141. The van der Waals surface area contributed by atoms with E-state index < -0.39 is 11.9 Å². The van der Waals surface area contributed by atoms with Gasteiger partial charge in [-0.3, -0.25) is 18.9 Å². The number of rotatable bonds is 6. The molecule has 0 saturated heterocycles. The third kappa shape index (κ3) is 4.24. The SMILES string of the molecule is C#CCn1cc(-c2cnc3c(Cc4ccc(C(=O)CC)c(C)c4)nccn23)c(C(F)(F)F)n1. The average molecular weight is 451 g/mol. The molecule has 0 spiro atoms. The molecule has 0 radical (unpaired) electrons. The van der Waals surface area contributed by atoms with Crippen LogP contribution in [0.5, 0.6) is 0 Å². The maximum Gasteiger partial charge on any atom is 0.435 e. The number of benzene rings is 1. The highest BCUT2D eigenvalue weighted by atomic mass is 19.4. The van der Waals surface area contributed by atoms with Gasteiger partial charge in [0.1, 0.15) is 6.54 Å². The molecular weight excluding hydrogens is 431 g/mol. The van der Waals surface area contributed by atoms with E-state index in [4.69, 9.17) is 6.42 Å². The third-order valence-corrected chi connectivity index (χ3v) is 5.34. The van der Waals surface area contributed by atoms with Crippen LogP contribution >= 0.6 is 0 Å². The molecule has 3 aromatic heterocycles. The van der Waals surface area contributed by atoms with E-state index in [1.165, 1.54) is 18.6 Å². The number of fused-ring (bicyclic) bond motifs is 1. The number of Topliss-reactive ketones (excluding diaryl/α,β-unsaturated/α-hetero) is 1. The number of alkyl halides is 3. The van der Waals surface area contributed by atoms with Crippen molar-refractivity contribution in [1.82, 2.24) is 24.1 Å². The Morgan fingerprint density at radius 3 is 2.70 bits per heavy atom. The summed E-state index contributed by atoms with van der Waals surface area (Å²) in [4.78, 5) is 20.8. The summed E-state index contributed by atoms with van der Waals surface area (Å²) >= 11 is 0. The Morgan fingerprint density at radius 1 is 1.24 bits per heavy atom. The minimum absolute atomic E-state index is 0.0722. The van der Waals surface area contributed by atoms with Crippen LogP contribution in [0.1, 0.15) is 46.2 Å². The number of aryl methyl sites for hydroxylation is 1. The number of aromatic nitrogens is 5. The van der Waals surface area contributed by atoms with Crippen molar-refractivity contribution in [2.24, 2.45) is 0 Å². The largest absolute Gasteiger partial charge is 0.435 e. The Bertz CT molecular complexity index is 1390. The first-order valence-corrected chi connectivity index (χ1v) is 10.2. The van der Waals surface area contributed by atoms with E-state index in [0.717, 1.165) is 15.8 Å². The average Bonchev–Trinajstić information content (AvgIpc) is 3.38. The first kappa shape index (κ1) is 22.3. The number of nitrogens with zero attached hydrogens (tertiary/aromatic N) is 5. The molecule has 6 nitrogen and oxygen atoms in total. The monoisotopic (exact) mass is 451 g/mol. The molecule has 0 aliphatic carbocycles. The Hall–Kier alpha value is -3.93. The van der Waals surface area contributed by atoms with Gasteiger partial charge in [0.05, 0.1) is 23.1 Å². The highest BCUT2D eigenvalue weighted by molar-refractivity contribution is 5.97. The van der Waals surface area contributed by atoms with Gasteiger partial charge in [-0.2, -0.15) is 18.3 Å². The van der Waals surface area contributed by atoms with Crippen LogP contribution in [-0.2, 0) is 19.1 Å². The van der Waals surface area contributed by atoms with Gasteiger partial charge in [0, 0.05) is 37.0 Å². The smallest absolute Gasteiger partial charge is 0.296 e. The molecular formula is C24H20F3N5O. The summed E-state index contributed by atoms with van der Waals surface area (Å²) in [5.74, 6) is 2.37. The Morgan fingerprint density at radius 2 is 2.03 bits per heavy atom. The van der Waals surface area contributed by atoms with Crippen molar-refractivity contribution in [3.63, 3.8) is 0 Å². The van der Waals surface area contributed by atoms with Gasteiger partial charge >= 0.3 is 6.18 Å². The zero-order valence-electron chi connectivity index (χ0n) is 18.0. The minimum atomic E-state index is -4.65. The van der Waals surface area contributed by atoms with Crippen molar-refractivity contribution in [2.45, 2.75) is 39.4 Å². The third-order valence-electron chi connectivity index (χ3n) is 5.34. The summed E-state index contributed by atoms with van der Waals surface area (Å²) in [6, 6.07) is 5.57. The number of hydrogen-bond donors (Lipinski definition) is 0. The number of hydrogen-bond acceptors (Lipinski definition) is 4. The van der Waals surface area contributed by atoms with E-state index >= 15 is 0 Å². The molecule has 0 bridgehead atoms. The fourth-order valence-electron chi connectivity index (χ4n) is 3.82. The molecule has 9 heteroatoms. The van der Waals surface area contributed by atoms with Gasteiger partial charge in [0.2, 0.25) is 0 Å². The van der Waals surface area contributed by atoms with Gasteiger partial charge in [-0.1, -0.05) is 31.0 Å². The number of imidazole rings is 1. The quantitative estimate of drug-likeness (QED) is 0.314. The molecule has 0 amide bonds. The maximum atomic E-state index is 13.6. The lowest BCUT2D eigenvalue weighted by Gasteiger charge is -2.09. The van der Waals surface area contributed by atoms with Gasteiger partial charge in [-0.05, 0) is 18.1 Å². The Labute approximate surface area is 188 Å². The normalized spacial score (nSPS) is 11.6. The summed E-state index contributed by atoms with van der Waals surface area (Å²) in [5.41, 5.74) is 2.61. The second-order valence-corrected chi connectivity index (χ2v) is 7.60. The Balaban J connectivity index is 1.75. The second kappa shape index (κ2) is 8.54. The fraction of sp³-hybridized carbons (Fsp3) is 0.250. The predicted octanol–water partition coefficient (Wildman–Crippen LogP) is 4.74. The van der Waals surface area contributed by atoms with Crippen molar-refractivity contribution < 1.29 is 18.0 Å². The van der Waals surface area contributed by atoms with E-state index in [-0.39, 0.29) is 23.6 Å². The molecule has 33 heavy (non-hydrogen) atoms. The van der Waals surface area contributed by atoms with Crippen molar-refractivity contribution >= 4 is 11.4 Å². The number of carbonyl (C=O) groups is 1. The zero-order valence-corrected chi connectivity index (χ0v) is 18.0. The summed E-state index contributed by atoms with van der Waals surface area (Å²) < 4.78 is 43.5. The molecule has 0 fully saturated rings. The van der Waals surface area contributed by atoms with E-state index in [1.54, 1.807) is 16.7 Å². The van der Waals surface area contributed by atoms with Crippen molar-refractivity contribution in [3.05, 3.63) is 71.1 Å². The first-order chi connectivity index (χ1) is 15.7. The van der Waals surface area contributed by atoms with Crippen molar-refractivity contribution in [1.29, 1.82) is 0 Å². The van der Waals surface area contributed by atoms with Crippen LogP contribution in [-0.4, -0.2) is 29.9 Å². The van der Waals surface area contributed by atoms with E-state index in [1.807, 2.05) is 26.0 Å². The molecule has 0 unspecified atom stereocenters. The number of halogens is 3. The molecule has 0 aliphatic rings. The van der Waals surface area contributed by atoms with Crippen LogP contribution in [0.4, 0.5) is 13.2 Å². The summed E-state index contributed by atoms with van der Waals surface area (Å²) in [5, 5.41) is 3.63. The van der Waals surface area contributed by atoms with Crippen LogP contribution < -0.4 is 0 Å². The van der Waals surface area contributed by atoms with Crippen LogP contribution in [0.3, 0.4) is 0 Å². The molecule has 0 saturated carbocycles. The van der Waals surface area contributed by atoms with E-state index in [0.29, 0.717) is 29.7 Å². The molecule has 1 aromatic carbocycles. The lowest BCUT2D eigenvalue weighted by atomic mass is 9.98. The molecule has 0 aliphatic heterocycles. The molecule has 3 heterocycles. The molecule has 0 N–H and O–H groups in total. The summed E-state index contributed by atoms with van der Waals surface area (Å²) in [6.45, 7) is 3.61. The molecule has 0 atom stereocenters. The second-order valence-electron chi connectivity index (χ2n) is 7.60. The summed E-state index contributed by atoms with van der Waals surface area (Å²) in [7, 11) is 0. The van der Waals surface area contributed by atoms with Gasteiger partial charge in [-0.25, -0.2) is 4.98 Å². The number of ketones is 1. The standard InChI is InChI=1S/C24H20F3N5O/c1-4-9-31-14-18(22(30-31)24(25,26)27)20-13-29-23-19(28-8-10-32(20)23)12-16-6-7-17(15(3)11-16)21(33)5-2/h1,6-8,10-11,13-14H,5,9,12H2,2-3H3. The van der Waals surface area contributed by atoms with Crippen LogP contribution in [0.15, 0.2) is 43.0 Å². The first-order valence-electron chi connectivity index (χ1n) is 10.2. The number of carbonyl (C=O) groups excluding carboxylic acids is 1. The maximum absolute atomic E-state index is 13.6. The van der Waals surface area contributed by atoms with E-state index in [2.05, 4.69) is 21.0 Å². The van der Waals surface area contributed by atoms with Crippen LogP contribution in [0.25, 0.3) is 16.9 Å². The topological polar surface area (TPSA) is 65.1 Å². The van der Waals surface area contributed by atoms with Crippen LogP contribution in [0, 0.1) is 19.3 Å². The Kier molecular flexibility index (Phi) is 5.77. The van der Waals surface area contributed by atoms with E-state index in [9.17, 15) is 18.0 Å². The molecule has 168 valence electrons. The van der Waals surface area contributed by atoms with Gasteiger partial charge in [0.25, 0.3) is 0 Å². The highest BCUT2D eigenvalue weighted by Gasteiger charge is 2.38. The minimum Gasteiger partial charge on any atom is -0.296 e. The fourth-order valence-corrected chi connectivity index (χ4v) is 3.82. The van der Waals surface area contributed by atoms with Crippen molar-refractivity contribution in [2.75, 3.05) is 0 Å². The molecule has 4 aromatic rings. The van der Waals surface area contributed by atoms with Crippen molar-refractivity contribution in [3.8, 4) is 23.6 Å². The number of terminal acetylenes is 1. The predicted molar refractivity (Wildman–Crippen MR) is 117 cm³/mol. The summed E-state index contributed by atoms with van der Waals surface area (Å²) in [6.07, 6.45) is 7.16. The molecule has 4 rings (SSSR count). The van der Waals surface area contributed by atoms with Gasteiger partial charge in [-0.15, -0.1) is 6.42 Å². The lowest BCUT2D eigenvalue weighted by Crippen LogP contribution is -2.09. The van der Waals surface area contributed by atoms with Gasteiger partial charge < -0.3 is 0 Å². The van der Waals surface area contributed by atoms with Gasteiger partial charge in [0.15, 0.2) is 17.1 Å². The van der Waals surface area contributed by atoms with Crippen LogP contribution in [0.2, 0.25) is 0 Å².